The van der Waals surface area contributed by atoms with Crippen LogP contribution in [0.3, 0.4) is 0 Å². The van der Waals surface area contributed by atoms with E-state index in [1.807, 2.05) is 6.92 Å². The Morgan fingerprint density at radius 1 is 1.30 bits per heavy atom. The molecule has 1 aromatic heterocycles. The molecule has 1 N–H and O–H groups in total. The van der Waals surface area contributed by atoms with Gasteiger partial charge in [0.05, 0.1) is 5.69 Å². The molecule has 3 nitrogen and oxygen atoms in total. The number of halogens is 2. The lowest BCUT2D eigenvalue weighted by Crippen LogP contribution is -2.13. The van der Waals surface area contributed by atoms with E-state index >= 15 is 0 Å². The lowest BCUT2D eigenvalue weighted by molar-refractivity contribution is 0.225. The van der Waals surface area contributed by atoms with E-state index in [4.69, 9.17) is 11.6 Å². The second kappa shape index (κ2) is 6.37. The normalized spacial score (nSPS) is 12.7. The van der Waals surface area contributed by atoms with E-state index in [0.29, 0.717) is 18.0 Å². The fourth-order valence-electron chi connectivity index (χ4n) is 2.35. The Morgan fingerprint density at radius 2 is 1.95 bits per heavy atom. The van der Waals surface area contributed by atoms with Crippen molar-refractivity contribution < 1.29 is 9.50 Å². The van der Waals surface area contributed by atoms with E-state index < -0.39 is 0 Å². The van der Waals surface area contributed by atoms with Crippen molar-refractivity contribution in [2.24, 2.45) is 13.0 Å². The highest BCUT2D eigenvalue weighted by atomic mass is 35.5. The SMILES string of the molecule is Cc1nn(C)c(Cl)c1CC(CO)Cc1ccc(F)cc1. The predicted molar refractivity (Wildman–Crippen MR) is 77.3 cm³/mol. The van der Waals surface area contributed by atoms with Gasteiger partial charge >= 0.3 is 0 Å². The van der Waals surface area contributed by atoms with Crippen molar-refractivity contribution >= 4 is 11.6 Å². The van der Waals surface area contributed by atoms with Gasteiger partial charge < -0.3 is 5.11 Å². The Bertz CT molecular complexity index is 580. The van der Waals surface area contributed by atoms with Gasteiger partial charge in [0.2, 0.25) is 0 Å². The van der Waals surface area contributed by atoms with Gasteiger partial charge in [0.1, 0.15) is 11.0 Å². The third kappa shape index (κ3) is 3.38. The summed E-state index contributed by atoms with van der Waals surface area (Å²) in [5.74, 6) is -0.207. The standard InChI is InChI=1S/C15H18ClFN2O/c1-10-14(15(16)19(2)18-10)8-12(9-20)7-11-3-5-13(17)6-4-11/h3-6,12,20H,7-9H2,1-2H3. The quantitative estimate of drug-likeness (QED) is 0.921. The van der Waals surface area contributed by atoms with Gasteiger partial charge in [-0.1, -0.05) is 23.7 Å². The van der Waals surface area contributed by atoms with Gasteiger partial charge in [-0.2, -0.15) is 5.10 Å². The summed E-state index contributed by atoms with van der Waals surface area (Å²) in [6.45, 7) is 1.97. The minimum absolute atomic E-state index is 0.0425. The van der Waals surface area contributed by atoms with E-state index in [1.54, 1.807) is 23.9 Å². The number of aliphatic hydroxyl groups is 1. The monoisotopic (exact) mass is 296 g/mol. The molecule has 1 aromatic carbocycles. The highest BCUT2D eigenvalue weighted by molar-refractivity contribution is 6.30. The first-order valence-corrected chi connectivity index (χ1v) is 6.92. The fraction of sp³-hybridized carbons (Fsp3) is 0.400. The minimum Gasteiger partial charge on any atom is -0.396 e. The molecular formula is C15H18ClFN2O. The van der Waals surface area contributed by atoms with Crippen LogP contribution in [0.25, 0.3) is 0 Å². The molecule has 0 bridgehead atoms. The Balaban J connectivity index is 2.11. The fourth-order valence-corrected chi connectivity index (χ4v) is 2.60. The van der Waals surface area contributed by atoms with E-state index in [2.05, 4.69) is 5.10 Å². The third-order valence-electron chi connectivity index (χ3n) is 3.46. The zero-order chi connectivity index (χ0) is 14.7. The molecule has 0 amide bonds. The van der Waals surface area contributed by atoms with Gasteiger partial charge in [0, 0.05) is 19.2 Å². The predicted octanol–water partition coefficient (Wildman–Crippen LogP) is 2.91. The van der Waals surface area contributed by atoms with Crippen LogP contribution in [0.2, 0.25) is 5.15 Å². The summed E-state index contributed by atoms with van der Waals surface area (Å²) in [5, 5.41) is 14.4. The number of aliphatic hydroxyl groups excluding tert-OH is 1. The van der Waals surface area contributed by atoms with E-state index in [-0.39, 0.29) is 18.3 Å². The summed E-state index contributed by atoms with van der Waals surface area (Å²) >= 11 is 6.21. The highest BCUT2D eigenvalue weighted by Gasteiger charge is 2.17. The zero-order valence-electron chi connectivity index (χ0n) is 11.6. The molecule has 108 valence electrons. The molecule has 2 rings (SSSR count). The van der Waals surface area contributed by atoms with Crippen LogP contribution in [0.4, 0.5) is 4.39 Å². The number of nitrogens with zero attached hydrogens (tertiary/aromatic N) is 2. The van der Waals surface area contributed by atoms with Gasteiger partial charge in [-0.05, 0) is 43.4 Å². The number of aryl methyl sites for hydroxylation is 2. The summed E-state index contributed by atoms with van der Waals surface area (Å²) < 4.78 is 14.5. The Morgan fingerprint density at radius 3 is 2.45 bits per heavy atom. The molecule has 0 saturated carbocycles. The molecule has 0 aliphatic heterocycles. The molecule has 0 saturated heterocycles. The molecule has 2 aromatic rings. The zero-order valence-corrected chi connectivity index (χ0v) is 12.4. The second-order valence-electron chi connectivity index (χ2n) is 5.06. The van der Waals surface area contributed by atoms with Crippen LogP contribution >= 0.6 is 11.6 Å². The van der Waals surface area contributed by atoms with Gasteiger partial charge in [-0.15, -0.1) is 0 Å². The summed E-state index contributed by atoms with van der Waals surface area (Å²) in [7, 11) is 1.80. The molecule has 20 heavy (non-hydrogen) atoms. The minimum atomic E-state index is -0.250. The van der Waals surface area contributed by atoms with Crippen molar-refractivity contribution in [2.45, 2.75) is 19.8 Å². The van der Waals surface area contributed by atoms with E-state index in [9.17, 15) is 9.50 Å². The number of benzene rings is 1. The third-order valence-corrected chi connectivity index (χ3v) is 3.93. The average Bonchev–Trinajstić information content (AvgIpc) is 2.66. The largest absolute Gasteiger partial charge is 0.396 e. The lowest BCUT2D eigenvalue weighted by Gasteiger charge is -2.14. The Hall–Kier alpha value is -1.39. The molecule has 1 atom stereocenters. The number of hydrogen-bond acceptors (Lipinski definition) is 2. The van der Waals surface area contributed by atoms with Crippen LogP contribution in [0.15, 0.2) is 24.3 Å². The summed E-state index contributed by atoms with van der Waals surface area (Å²) in [6.07, 6.45) is 1.34. The number of rotatable bonds is 5. The molecule has 0 aliphatic carbocycles. The molecule has 0 aliphatic rings. The van der Waals surface area contributed by atoms with Crippen molar-refractivity contribution in [3.8, 4) is 0 Å². The smallest absolute Gasteiger partial charge is 0.130 e. The molecule has 1 unspecified atom stereocenters. The van der Waals surface area contributed by atoms with Crippen LogP contribution in [0, 0.1) is 18.7 Å². The number of aromatic nitrogens is 2. The maximum Gasteiger partial charge on any atom is 0.130 e. The summed E-state index contributed by atoms with van der Waals surface area (Å²) in [6, 6.07) is 6.36. The van der Waals surface area contributed by atoms with E-state index in [0.717, 1.165) is 16.8 Å². The maximum absolute atomic E-state index is 12.9. The number of hydrogen-bond donors (Lipinski definition) is 1. The molecule has 5 heteroatoms. The highest BCUT2D eigenvalue weighted by Crippen LogP contribution is 2.23. The average molecular weight is 297 g/mol. The van der Waals surface area contributed by atoms with Crippen molar-refractivity contribution in [3.63, 3.8) is 0 Å². The second-order valence-corrected chi connectivity index (χ2v) is 5.42. The van der Waals surface area contributed by atoms with Gasteiger partial charge in [-0.25, -0.2) is 4.39 Å². The van der Waals surface area contributed by atoms with Crippen LogP contribution in [0.1, 0.15) is 16.8 Å². The first kappa shape index (κ1) is 15.0. The van der Waals surface area contributed by atoms with Crippen LogP contribution in [0.5, 0.6) is 0 Å². The summed E-state index contributed by atoms with van der Waals surface area (Å²) in [4.78, 5) is 0. The summed E-state index contributed by atoms with van der Waals surface area (Å²) in [5.41, 5.74) is 2.86. The molecule has 0 spiro atoms. The van der Waals surface area contributed by atoms with Crippen molar-refractivity contribution in [2.75, 3.05) is 6.61 Å². The van der Waals surface area contributed by atoms with Crippen LogP contribution in [-0.4, -0.2) is 21.5 Å². The Kier molecular flexibility index (Phi) is 4.78. The molecule has 0 fully saturated rings. The first-order valence-electron chi connectivity index (χ1n) is 6.54. The molecular weight excluding hydrogens is 279 g/mol. The van der Waals surface area contributed by atoms with Crippen molar-refractivity contribution in [1.82, 2.24) is 9.78 Å². The molecule has 0 radical (unpaired) electrons. The topological polar surface area (TPSA) is 38.0 Å². The van der Waals surface area contributed by atoms with Crippen LogP contribution < -0.4 is 0 Å². The van der Waals surface area contributed by atoms with E-state index in [1.165, 1.54) is 12.1 Å². The Labute approximate surface area is 123 Å². The van der Waals surface area contributed by atoms with Gasteiger partial charge in [0.15, 0.2) is 0 Å². The van der Waals surface area contributed by atoms with Gasteiger partial charge in [-0.3, -0.25) is 4.68 Å². The lowest BCUT2D eigenvalue weighted by atomic mass is 9.93. The van der Waals surface area contributed by atoms with Gasteiger partial charge in [0.25, 0.3) is 0 Å². The first-order chi connectivity index (χ1) is 9.51. The van der Waals surface area contributed by atoms with Crippen molar-refractivity contribution in [3.05, 3.63) is 52.1 Å². The maximum atomic E-state index is 12.9. The molecule has 1 heterocycles. The van der Waals surface area contributed by atoms with Crippen LogP contribution in [-0.2, 0) is 19.9 Å². The van der Waals surface area contributed by atoms with Crippen molar-refractivity contribution in [1.29, 1.82) is 0 Å².